The van der Waals surface area contributed by atoms with Crippen LogP contribution in [0, 0.1) is 11.8 Å². The summed E-state index contributed by atoms with van der Waals surface area (Å²) in [6.07, 6.45) is -4.11. The van der Waals surface area contributed by atoms with Crippen LogP contribution in [-0.2, 0) is 28.5 Å². The zero-order valence-electron chi connectivity index (χ0n) is 25.5. The van der Waals surface area contributed by atoms with Crippen molar-refractivity contribution in [3.8, 4) is 28.7 Å². The molecule has 3 fully saturated rings. The van der Waals surface area contributed by atoms with Crippen LogP contribution in [0.3, 0.4) is 0 Å². The predicted octanol–water partition coefficient (Wildman–Crippen LogP) is 2.33. The fourth-order valence-electron chi connectivity index (χ4n) is 7.28. The van der Waals surface area contributed by atoms with Crippen molar-refractivity contribution in [1.29, 1.82) is 0 Å². The molecule has 3 saturated heterocycles. The van der Waals surface area contributed by atoms with Gasteiger partial charge in [-0.3, -0.25) is 9.69 Å². The van der Waals surface area contributed by atoms with E-state index in [1.807, 2.05) is 31.1 Å². The molecule has 0 amide bonds. The van der Waals surface area contributed by atoms with Gasteiger partial charge in [0.15, 0.2) is 35.6 Å². The summed E-state index contributed by atoms with van der Waals surface area (Å²) in [6, 6.07) is 6.57. The lowest BCUT2D eigenvalue weighted by Crippen LogP contribution is -2.66. The van der Waals surface area contributed by atoms with Crippen LogP contribution in [-0.4, -0.2) is 106 Å². The second kappa shape index (κ2) is 12.3. The van der Waals surface area contributed by atoms with E-state index in [4.69, 9.17) is 42.6 Å². The van der Waals surface area contributed by atoms with Gasteiger partial charge < -0.3 is 52.8 Å². The van der Waals surface area contributed by atoms with Crippen molar-refractivity contribution in [3.63, 3.8) is 0 Å². The fourth-order valence-corrected chi connectivity index (χ4v) is 7.28. The number of likely N-dealkylation sites (N-methyl/N-ethyl adjacent to an activating group) is 1. The maximum Gasteiger partial charge on any atom is 0.310 e. The molecule has 10 atom stereocenters. The fraction of sp³-hybridized carbons (Fsp3) is 0.581. The molecule has 7 rings (SSSR count). The summed E-state index contributed by atoms with van der Waals surface area (Å²) in [5, 5.41) is 22.1. The van der Waals surface area contributed by atoms with E-state index in [1.165, 1.54) is 14.2 Å². The molecule has 0 saturated carbocycles. The van der Waals surface area contributed by atoms with Crippen molar-refractivity contribution in [3.05, 3.63) is 41.0 Å². The van der Waals surface area contributed by atoms with E-state index in [-0.39, 0.29) is 55.6 Å². The molecule has 0 bridgehead atoms. The maximum atomic E-state index is 13.5. The number of phenolic OH excluding ortho intramolecular Hbond substituents is 1. The minimum atomic E-state index is -0.929. The topological polar surface area (TPSA) is 144 Å². The number of esters is 1. The van der Waals surface area contributed by atoms with Gasteiger partial charge in [-0.05, 0) is 62.0 Å². The zero-order chi connectivity index (χ0) is 30.9. The summed E-state index contributed by atoms with van der Waals surface area (Å²) in [5.74, 6) is -0.602. The van der Waals surface area contributed by atoms with Crippen molar-refractivity contribution < 1.29 is 57.6 Å². The molecular formula is C31H38ClNO12. The van der Waals surface area contributed by atoms with E-state index in [9.17, 15) is 15.0 Å². The number of ether oxygens (including phenoxy) is 9. The summed E-state index contributed by atoms with van der Waals surface area (Å²) in [6.45, 7) is 2.20. The van der Waals surface area contributed by atoms with Crippen molar-refractivity contribution in [2.24, 2.45) is 11.8 Å². The highest BCUT2D eigenvalue weighted by Crippen LogP contribution is 2.57. The van der Waals surface area contributed by atoms with Crippen LogP contribution in [0.5, 0.6) is 28.7 Å². The van der Waals surface area contributed by atoms with Gasteiger partial charge in [-0.15, -0.1) is 12.4 Å². The number of benzene rings is 2. The molecule has 45 heavy (non-hydrogen) atoms. The lowest BCUT2D eigenvalue weighted by molar-refractivity contribution is -0.354. The molecule has 4 heterocycles. The summed E-state index contributed by atoms with van der Waals surface area (Å²) in [4.78, 5) is 15.4. The number of aliphatic hydroxyl groups is 1. The van der Waals surface area contributed by atoms with Crippen LogP contribution in [0.15, 0.2) is 24.3 Å². The molecule has 0 unspecified atom stereocenters. The number of cyclic esters (lactones) is 1. The average molecular weight is 652 g/mol. The highest BCUT2D eigenvalue weighted by Gasteiger charge is 2.56. The van der Waals surface area contributed by atoms with Crippen LogP contribution in [0.1, 0.15) is 35.6 Å². The summed E-state index contributed by atoms with van der Waals surface area (Å²) >= 11 is 0. The highest BCUT2D eigenvalue weighted by atomic mass is 35.5. The number of carbonyl (C=O) groups excluding carboxylic acids is 1. The Bertz CT molecular complexity index is 1410. The molecule has 0 spiro atoms. The molecule has 2 aromatic rings. The molecule has 0 aromatic heterocycles. The largest absolute Gasteiger partial charge is 0.502 e. The summed E-state index contributed by atoms with van der Waals surface area (Å²) in [7, 11) is 6.59. The number of rotatable bonds is 6. The first-order chi connectivity index (χ1) is 21.2. The van der Waals surface area contributed by atoms with Gasteiger partial charge in [0, 0.05) is 11.8 Å². The van der Waals surface area contributed by atoms with Gasteiger partial charge >= 0.3 is 5.97 Å². The molecular weight excluding hydrogens is 614 g/mol. The Morgan fingerprint density at radius 2 is 1.60 bits per heavy atom. The smallest absolute Gasteiger partial charge is 0.310 e. The van der Waals surface area contributed by atoms with E-state index in [0.29, 0.717) is 17.1 Å². The Hall–Kier alpha value is -3.04. The second-order valence-electron chi connectivity index (χ2n) is 12.0. The summed E-state index contributed by atoms with van der Waals surface area (Å²) in [5.41, 5.74) is 2.23. The molecule has 2 N–H and O–H groups in total. The maximum absolute atomic E-state index is 13.5. The first-order valence-corrected chi connectivity index (χ1v) is 14.7. The van der Waals surface area contributed by atoms with Crippen LogP contribution in [0.4, 0.5) is 0 Å². The molecule has 246 valence electrons. The average Bonchev–Trinajstić information content (AvgIpc) is 3.63. The Morgan fingerprint density at radius 3 is 2.24 bits per heavy atom. The van der Waals surface area contributed by atoms with Gasteiger partial charge in [0.05, 0.1) is 45.5 Å². The predicted molar refractivity (Wildman–Crippen MR) is 157 cm³/mol. The SMILES string of the molecule is COc1cc([C@@H]2c3cc4c(cc3[C@@H](O[C@@H]3O[C@@H]5CO[C@@H](C)O[C@H]5[C@H](O)[C@H]3N(C)C)[C@H]3COC(=O)[C@H]23)OCO4)cc(OC)c1O.Cl. The Labute approximate surface area is 266 Å². The van der Waals surface area contributed by atoms with E-state index in [2.05, 4.69) is 0 Å². The molecule has 0 radical (unpaired) electrons. The quantitative estimate of drug-likeness (QED) is 0.442. The molecule has 13 nitrogen and oxygen atoms in total. The number of halogens is 1. The van der Waals surface area contributed by atoms with E-state index < -0.39 is 60.8 Å². The number of hydrogen-bond acceptors (Lipinski definition) is 13. The molecule has 14 heteroatoms. The van der Waals surface area contributed by atoms with E-state index in [0.717, 1.165) is 11.1 Å². The lowest BCUT2D eigenvalue weighted by Gasteiger charge is -2.50. The number of nitrogens with zero attached hydrogens (tertiary/aromatic N) is 1. The third-order valence-electron chi connectivity index (χ3n) is 9.34. The number of carbonyl (C=O) groups is 1. The normalized spacial score (nSPS) is 34.7. The molecule has 2 aromatic carbocycles. The number of aliphatic hydroxyl groups excluding tert-OH is 1. The van der Waals surface area contributed by atoms with Crippen molar-refractivity contribution in [2.75, 3.05) is 48.3 Å². The number of hydrogen-bond donors (Lipinski definition) is 2. The Morgan fingerprint density at radius 1 is 0.933 bits per heavy atom. The number of aromatic hydroxyl groups is 1. The second-order valence-corrected chi connectivity index (χ2v) is 12.0. The van der Waals surface area contributed by atoms with Gasteiger partial charge in [-0.2, -0.15) is 0 Å². The van der Waals surface area contributed by atoms with Gasteiger partial charge in [-0.1, -0.05) is 0 Å². The van der Waals surface area contributed by atoms with Gasteiger partial charge in [0.1, 0.15) is 18.3 Å². The molecule has 5 aliphatic rings. The van der Waals surface area contributed by atoms with Gasteiger partial charge in [0.25, 0.3) is 0 Å². The first-order valence-electron chi connectivity index (χ1n) is 14.7. The van der Waals surface area contributed by atoms with Crippen molar-refractivity contribution >= 4 is 18.4 Å². The Balaban J connectivity index is 0.00000357. The Kier molecular flexibility index (Phi) is 8.72. The monoisotopic (exact) mass is 651 g/mol. The summed E-state index contributed by atoms with van der Waals surface area (Å²) < 4.78 is 53.0. The van der Waals surface area contributed by atoms with E-state index in [1.54, 1.807) is 19.1 Å². The third-order valence-corrected chi connectivity index (χ3v) is 9.34. The van der Waals surface area contributed by atoms with Crippen molar-refractivity contribution in [2.45, 2.75) is 55.9 Å². The third kappa shape index (κ3) is 5.24. The zero-order valence-corrected chi connectivity index (χ0v) is 26.4. The van der Waals surface area contributed by atoms with Crippen LogP contribution >= 0.6 is 12.4 Å². The number of methoxy groups -OCH3 is 2. The van der Waals surface area contributed by atoms with E-state index >= 15 is 0 Å². The number of fused-ring (bicyclic) bond motifs is 4. The molecule has 4 aliphatic heterocycles. The van der Waals surface area contributed by atoms with Crippen LogP contribution < -0.4 is 18.9 Å². The number of phenols is 1. The van der Waals surface area contributed by atoms with Crippen molar-refractivity contribution in [1.82, 2.24) is 4.90 Å². The van der Waals surface area contributed by atoms with Gasteiger partial charge in [-0.25, -0.2) is 0 Å². The lowest BCUT2D eigenvalue weighted by atomic mass is 9.66. The minimum Gasteiger partial charge on any atom is -0.502 e. The first kappa shape index (κ1) is 31.9. The minimum absolute atomic E-state index is 0. The standard InChI is InChI=1S/C31H37NO12.ClH/c1-13-38-11-22-29(42-13)27(34)25(32(2)3)31(43-22)44-28-16-9-19-18(40-12-41-19)8-15(16)23(24-17(28)10-39-30(24)35)14-6-20(36-4)26(33)21(7-14)37-5;/h6-9,13,17,22-25,27-29,31,33-34H,10-12H2,1-5H3;1H/t13-,17+,22-,23-,24+,25-,27-,28-,29-,31+;/m1./s1. The van der Waals surface area contributed by atoms with Gasteiger partial charge in [0.2, 0.25) is 12.5 Å². The van der Waals surface area contributed by atoms with Crippen LogP contribution in [0.2, 0.25) is 0 Å². The highest BCUT2D eigenvalue weighted by molar-refractivity contribution is 5.85. The molecule has 1 aliphatic carbocycles. The van der Waals surface area contributed by atoms with Crippen LogP contribution in [0.25, 0.3) is 0 Å².